The zero-order chi connectivity index (χ0) is 25.7. The number of ether oxygens (including phenoxy) is 1. The Morgan fingerprint density at radius 3 is 2.54 bits per heavy atom. The lowest BCUT2D eigenvalue weighted by Gasteiger charge is -2.41. The molecule has 8 nitrogen and oxygen atoms in total. The third-order valence-corrected chi connectivity index (χ3v) is 8.53. The molecular formula is C26H33ClN2O6. The van der Waals surface area contributed by atoms with Gasteiger partial charge < -0.3 is 24.7 Å². The summed E-state index contributed by atoms with van der Waals surface area (Å²) < 4.78 is 6.45. The second-order valence-electron chi connectivity index (χ2n) is 10.2. The summed E-state index contributed by atoms with van der Waals surface area (Å²) in [6, 6.07) is 5.05. The third-order valence-electron chi connectivity index (χ3n) is 8.28. The van der Waals surface area contributed by atoms with E-state index in [2.05, 4.69) is 6.58 Å². The summed E-state index contributed by atoms with van der Waals surface area (Å²) >= 11 is 6.06. The lowest BCUT2D eigenvalue weighted by molar-refractivity contribution is -0.156. The van der Waals surface area contributed by atoms with E-state index in [0.29, 0.717) is 30.0 Å². The number of carboxylic acid groups (broad SMARTS) is 1. The number of hydrogen-bond acceptors (Lipinski definition) is 5. The molecule has 2 N–H and O–H groups in total. The van der Waals surface area contributed by atoms with Crippen LogP contribution in [-0.2, 0) is 19.1 Å². The van der Waals surface area contributed by atoms with Crippen LogP contribution in [0.5, 0.6) is 0 Å². The molecule has 1 spiro atoms. The van der Waals surface area contributed by atoms with E-state index in [1.54, 1.807) is 37.3 Å². The Labute approximate surface area is 210 Å². The number of benzene rings is 1. The van der Waals surface area contributed by atoms with Crippen molar-refractivity contribution in [3.05, 3.63) is 41.9 Å². The summed E-state index contributed by atoms with van der Waals surface area (Å²) in [7, 11) is 0. The van der Waals surface area contributed by atoms with Crippen molar-refractivity contribution in [3.8, 4) is 0 Å². The van der Waals surface area contributed by atoms with Crippen molar-refractivity contribution in [2.45, 2.75) is 63.3 Å². The van der Waals surface area contributed by atoms with Crippen molar-refractivity contribution >= 4 is 35.1 Å². The lowest BCUT2D eigenvalue weighted by Crippen LogP contribution is -2.60. The van der Waals surface area contributed by atoms with E-state index in [-0.39, 0.29) is 25.0 Å². The average molecular weight is 505 g/mol. The Bertz CT molecular complexity index is 1030. The number of aliphatic hydroxyl groups is 1. The molecule has 2 amide bonds. The predicted molar refractivity (Wildman–Crippen MR) is 131 cm³/mol. The average Bonchev–Trinajstić information content (AvgIpc) is 3.39. The molecule has 3 saturated heterocycles. The molecule has 9 heteroatoms. The van der Waals surface area contributed by atoms with Crippen molar-refractivity contribution < 1.29 is 29.3 Å². The number of aliphatic carboxylic acids is 1. The maximum atomic E-state index is 14.4. The van der Waals surface area contributed by atoms with Gasteiger partial charge in [-0.2, -0.15) is 0 Å². The molecule has 0 saturated carbocycles. The highest BCUT2D eigenvalue weighted by molar-refractivity contribution is 6.30. The van der Waals surface area contributed by atoms with Gasteiger partial charge in [0.15, 0.2) is 0 Å². The number of amides is 2. The van der Waals surface area contributed by atoms with Crippen LogP contribution >= 0.6 is 11.6 Å². The number of halogens is 1. The number of hydrogen-bond donors (Lipinski definition) is 2. The van der Waals surface area contributed by atoms with Crippen LogP contribution in [0.4, 0.5) is 5.69 Å². The highest BCUT2D eigenvalue weighted by Gasteiger charge is 2.79. The van der Waals surface area contributed by atoms with Crippen LogP contribution in [0.3, 0.4) is 0 Å². The van der Waals surface area contributed by atoms with Gasteiger partial charge in [0.05, 0.1) is 30.1 Å². The summed E-state index contributed by atoms with van der Waals surface area (Å²) in [5, 5.41) is 21.0. The van der Waals surface area contributed by atoms with Gasteiger partial charge in [-0.05, 0) is 49.9 Å². The van der Waals surface area contributed by atoms with Gasteiger partial charge in [0.1, 0.15) is 11.6 Å². The van der Waals surface area contributed by atoms with Crippen LogP contribution in [0, 0.1) is 17.8 Å². The van der Waals surface area contributed by atoms with Crippen molar-refractivity contribution in [2.24, 2.45) is 17.8 Å². The van der Waals surface area contributed by atoms with Crippen LogP contribution in [0.1, 0.15) is 40.0 Å². The Kier molecular flexibility index (Phi) is 6.76. The maximum absolute atomic E-state index is 14.4. The first-order valence-corrected chi connectivity index (χ1v) is 12.5. The van der Waals surface area contributed by atoms with E-state index >= 15 is 0 Å². The van der Waals surface area contributed by atoms with Gasteiger partial charge in [-0.3, -0.25) is 14.4 Å². The highest BCUT2D eigenvalue weighted by Crippen LogP contribution is 2.63. The summed E-state index contributed by atoms with van der Waals surface area (Å²) in [6.45, 7) is 9.20. The van der Waals surface area contributed by atoms with E-state index in [4.69, 9.17) is 16.3 Å². The summed E-state index contributed by atoms with van der Waals surface area (Å²) in [5.74, 6) is -4.11. The zero-order valence-corrected chi connectivity index (χ0v) is 21.1. The van der Waals surface area contributed by atoms with Gasteiger partial charge in [0.2, 0.25) is 5.91 Å². The SMILES string of the molecule is C=CCN(C(=O)C1N([C@@H](CO)[C@@H](C)CC)C(=O)[C@@H]2[C@@H](C(=O)O)[C@@]3(C)CCC12O3)c1ccc(Cl)cc1. The molecule has 1 aromatic rings. The lowest BCUT2D eigenvalue weighted by atomic mass is 9.66. The molecule has 3 heterocycles. The molecule has 0 aliphatic carbocycles. The number of nitrogens with zero attached hydrogens (tertiary/aromatic N) is 2. The Balaban J connectivity index is 1.87. The molecule has 3 fully saturated rings. The monoisotopic (exact) mass is 504 g/mol. The largest absolute Gasteiger partial charge is 0.481 e. The number of likely N-dealkylation sites (tertiary alicyclic amines) is 1. The molecule has 0 aromatic heterocycles. The standard InChI is InChI=1S/C26H33ClN2O6/c1-5-13-28(17-9-7-16(27)8-10-17)23(32)21-26-12-11-25(4,35-26)20(24(33)34)19(26)22(31)29(21)18(14-30)15(3)6-2/h5,7-10,15,18-21,30H,1,6,11-14H2,2-4H3,(H,33,34)/t15-,18-,19-,20-,21?,25+,26?/m0/s1. The van der Waals surface area contributed by atoms with Gasteiger partial charge in [-0.1, -0.05) is 37.9 Å². The van der Waals surface area contributed by atoms with Crippen LogP contribution in [0.2, 0.25) is 5.02 Å². The highest BCUT2D eigenvalue weighted by atomic mass is 35.5. The van der Waals surface area contributed by atoms with Crippen LogP contribution in [0.15, 0.2) is 36.9 Å². The minimum atomic E-state index is -1.28. The molecule has 1 aromatic carbocycles. The number of carboxylic acids is 1. The third kappa shape index (κ3) is 3.77. The molecule has 3 aliphatic rings. The van der Waals surface area contributed by atoms with Crippen LogP contribution in [-0.4, -0.2) is 69.3 Å². The van der Waals surface area contributed by atoms with Crippen LogP contribution < -0.4 is 4.90 Å². The quantitative estimate of drug-likeness (QED) is 0.500. The first-order valence-electron chi connectivity index (χ1n) is 12.1. The predicted octanol–water partition coefficient (Wildman–Crippen LogP) is 3.12. The van der Waals surface area contributed by atoms with E-state index in [9.17, 15) is 24.6 Å². The molecular weight excluding hydrogens is 472 g/mol. The molecule has 35 heavy (non-hydrogen) atoms. The van der Waals surface area contributed by atoms with E-state index < -0.39 is 47.0 Å². The Hall–Kier alpha value is -2.42. The molecule has 190 valence electrons. The zero-order valence-electron chi connectivity index (χ0n) is 20.3. The van der Waals surface area contributed by atoms with Crippen molar-refractivity contribution in [1.29, 1.82) is 0 Å². The smallest absolute Gasteiger partial charge is 0.310 e. The van der Waals surface area contributed by atoms with E-state index in [1.807, 2.05) is 13.8 Å². The van der Waals surface area contributed by atoms with Gasteiger partial charge in [0, 0.05) is 17.3 Å². The topological polar surface area (TPSA) is 107 Å². The van der Waals surface area contributed by atoms with Gasteiger partial charge in [-0.15, -0.1) is 6.58 Å². The maximum Gasteiger partial charge on any atom is 0.310 e. The van der Waals surface area contributed by atoms with Gasteiger partial charge in [0.25, 0.3) is 5.91 Å². The van der Waals surface area contributed by atoms with E-state index in [0.717, 1.165) is 0 Å². The van der Waals surface area contributed by atoms with Crippen molar-refractivity contribution in [3.63, 3.8) is 0 Å². The Morgan fingerprint density at radius 1 is 1.34 bits per heavy atom. The van der Waals surface area contributed by atoms with Crippen LogP contribution in [0.25, 0.3) is 0 Å². The fourth-order valence-corrected chi connectivity index (χ4v) is 6.54. The van der Waals surface area contributed by atoms with Gasteiger partial charge >= 0.3 is 5.97 Å². The van der Waals surface area contributed by atoms with E-state index in [1.165, 1.54) is 9.80 Å². The molecule has 2 unspecified atom stereocenters. The molecule has 0 radical (unpaired) electrons. The first-order chi connectivity index (χ1) is 16.6. The van der Waals surface area contributed by atoms with Crippen molar-refractivity contribution in [2.75, 3.05) is 18.1 Å². The molecule has 4 rings (SSSR count). The van der Waals surface area contributed by atoms with Crippen molar-refractivity contribution in [1.82, 2.24) is 4.90 Å². The number of aliphatic hydroxyl groups excluding tert-OH is 1. The number of carbonyl (C=O) groups is 3. The molecule has 3 aliphatic heterocycles. The fourth-order valence-electron chi connectivity index (χ4n) is 6.41. The number of fused-ring (bicyclic) bond motifs is 1. The van der Waals surface area contributed by atoms with Gasteiger partial charge in [-0.25, -0.2) is 0 Å². The molecule has 2 bridgehead atoms. The summed E-state index contributed by atoms with van der Waals surface area (Å²) in [4.78, 5) is 43.7. The minimum Gasteiger partial charge on any atom is -0.481 e. The second kappa shape index (κ2) is 9.22. The summed E-state index contributed by atoms with van der Waals surface area (Å²) in [6.07, 6.45) is 3.08. The molecule has 7 atom stereocenters. The number of rotatable bonds is 9. The summed E-state index contributed by atoms with van der Waals surface area (Å²) in [5.41, 5.74) is -1.74. The minimum absolute atomic E-state index is 0.117. The first kappa shape index (κ1) is 25.7. The fraction of sp³-hybridized carbons (Fsp3) is 0.577. The Morgan fingerprint density at radius 2 is 2.00 bits per heavy atom. The number of anilines is 1. The number of carbonyl (C=O) groups excluding carboxylic acids is 2. The normalized spacial score (nSPS) is 32.9. The second-order valence-corrected chi connectivity index (χ2v) is 10.6.